The molecule has 0 N–H and O–H groups in total. The number of nitrogens with zero attached hydrogens (tertiary/aromatic N) is 6. The van der Waals surface area contributed by atoms with Crippen molar-refractivity contribution in [2.75, 3.05) is 19.8 Å². The third-order valence-electron chi connectivity index (χ3n) is 9.89. The first-order valence-corrected chi connectivity index (χ1v) is 17.8. The standard InChI is InChI=1S/C36H34N6O5S/c1-22-17-26(10-13-38-22)32-28(8-5-23-11-15-46-16-12-23)40-34-30-3-2-14-42(30)48(44,45)35(34)33(32)25-6-9-29-31(18-25)47-36(43)41(29)21-27-7-4-24(19-37)20-39-27/h4,6-7,9-10,13,17-18,20,23,30H,2-3,5,8,11-12,14-16,21H2,1H3/t30-/m1/s1. The molecule has 3 aliphatic heterocycles. The van der Waals surface area contributed by atoms with Gasteiger partial charge < -0.3 is 9.15 Å². The van der Waals surface area contributed by atoms with Crippen LogP contribution in [0.2, 0.25) is 0 Å². The number of benzene rings is 1. The van der Waals surface area contributed by atoms with Crippen LogP contribution in [0.4, 0.5) is 0 Å². The average molecular weight is 663 g/mol. The lowest BCUT2D eigenvalue weighted by Crippen LogP contribution is -2.23. The lowest BCUT2D eigenvalue weighted by atomic mass is 9.87. The van der Waals surface area contributed by atoms with E-state index in [0.29, 0.717) is 58.1 Å². The highest BCUT2D eigenvalue weighted by atomic mass is 32.2. The van der Waals surface area contributed by atoms with Gasteiger partial charge in [0.05, 0.1) is 35.1 Å². The van der Waals surface area contributed by atoms with Gasteiger partial charge in [-0.1, -0.05) is 6.07 Å². The van der Waals surface area contributed by atoms with Crippen LogP contribution in [0.15, 0.2) is 69.0 Å². The number of fused-ring (bicyclic) bond motifs is 4. The van der Waals surface area contributed by atoms with E-state index in [0.717, 1.165) is 67.8 Å². The predicted octanol–water partition coefficient (Wildman–Crippen LogP) is 5.54. The summed E-state index contributed by atoms with van der Waals surface area (Å²) in [6.45, 7) is 4.05. The smallest absolute Gasteiger partial charge is 0.408 e. The average Bonchev–Trinajstić information content (AvgIpc) is 3.77. The highest BCUT2D eigenvalue weighted by Gasteiger charge is 2.49. The molecule has 0 aliphatic carbocycles. The minimum Gasteiger partial charge on any atom is -0.408 e. The van der Waals surface area contributed by atoms with Crippen molar-refractivity contribution in [2.45, 2.75) is 62.9 Å². The SMILES string of the molecule is Cc1cc(-c2c(CCC3CCOCC3)nc3c(c2-c2ccc4c(c2)oc(=O)n4Cc2ccc(C#N)cn2)S(=O)(=O)N2CCC[C@H]32)ccn1. The van der Waals surface area contributed by atoms with Crippen LogP contribution < -0.4 is 5.76 Å². The molecule has 3 aliphatic rings. The molecule has 0 saturated carbocycles. The Labute approximate surface area is 277 Å². The maximum absolute atomic E-state index is 14.4. The third kappa shape index (κ3) is 5.23. The summed E-state index contributed by atoms with van der Waals surface area (Å²) in [4.78, 5) is 27.4. The Hall–Kier alpha value is -4.70. The zero-order chi connectivity index (χ0) is 33.0. The summed E-state index contributed by atoms with van der Waals surface area (Å²) in [5.41, 5.74) is 7.09. The Morgan fingerprint density at radius 3 is 2.62 bits per heavy atom. The van der Waals surface area contributed by atoms with Crippen molar-refractivity contribution in [2.24, 2.45) is 5.92 Å². The minimum atomic E-state index is -3.85. The molecule has 2 fully saturated rings. The molecule has 0 unspecified atom stereocenters. The summed E-state index contributed by atoms with van der Waals surface area (Å²) in [7, 11) is -3.85. The number of sulfonamides is 1. The molecule has 244 valence electrons. The van der Waals surface area contributed by atoms with Gasteiger partial charge in [-0.3, -0.25) is 19.5 Å². The number of hydrogen-bond acceptors (Lipinski definition) is 9. The van der Waals surface area contributed by atoms with Crippen molar-refractivity contribution in [3.63, 3.8) is 0 Å². The maximum Gasteiger partial charge on any atom is 0.420 e. The molecular weight excluding hydrogens is 628 g/mol. The van der Waals surface area contributed by atoms with Gasteiger partial charge in [0.25, 0.3) is 0 Å². The number of hydrogen-bond donors (Lipinski definition) is 0. The lowest BCUT2D eigenvalue weighted by Gasteiger charge is -2.23. The summed E-state index contributed by atoms with van der Waals surface area (Å²) in [6, 6.07) is 14.5. The summed E-state index contributed by atoms with van der Waals surface area (Å²) >= 11 is 0. The fourth-order valence-corrected chi connectivity index (χ4v) is 9.57. The second-order valence-electron chi connectivity index (χ2n) is 12.9. The molecule has 7 heterocycles. The molecule has 5 aromatic rings. The Morgan fingerprint density at radius 2 is 1.85 bits per heavy atom. The van der Waals surface area contributed by atoms with Crippen molar-refractivity contribution < 1.29 is 17.6 Å². The van der Waals surface area contributed by atoms with Crippen LogP contribution in [-0.4, -0.2) is 52.0 Å². The highest BCUT2D eigenvalue weighted by molar-refractivity contribution is 7.89. The topological polar surface area (TPSA) is 144 Å². The lowest BCUT2D eigenvalue weighted by molar-refractivity contribution is 0.0639. The molecule has 4 aromatic heterocycles. The van der Waals surface area contributed by atoms with Gasteiger partial charge in [0.2, 0.25) is 10.0 Å². The van der Waals surface area contributed by atoms with Crippen molar-refractivity contribution in [3.05, 3.63) is 93.7 Å². The first-order chi connectivity index (χ1) is 23.3. The second kappa shape index (κ2) is 12.1. The third-order valence-corrected chi connectivity index (χ3v) is 11.9. The van der Waals surface area contributed by atoms with Crippen molar-refractivity contribution in [1.29, 1.82) is 5.26 Å². The zero-order valence-electron chi connectivity index (χ0n) is 26.6. The Bertz CT molecular complexity index is 2270. The number of aromatic nitrogens is 4. The van der Waals surface area contributed by atoms with E-state index >= 15 is 0 Å². The molecule has 8 rings (SSSR count). The Kier molecular flexibility index (Phi) is 7.70. The Balaban J connectivity index is 1.32. The molecule has 48 heavy (non-hydrogen) atoms. The van der Waals surface area contributed by atoms with Crippen LogP contribution >= 0.6 is 0 Å². The van der Waals surface area contributed by atoms with Crippen molar-refractivity contribution in [3.8, 4) is 28.3 Å². The van der Waals surface area contributed by atoms with E-state index in [1.807, 2.05) is 25.1 Å². The molecule has 0 bridgehead atoms. The molecule has 0 radical (unpaired) electrons. The second-order valence-corrected chi connectivity index (χ2v) is 14.7. The molecule has 0 amide bonds. The van der Waals surface area contributed by atoms with Crippen molar-refractivity contribution >= 4 is 21.1 Å². The highest BCUT2D eigenvalue weighted by Crippen LogP contribution is 2.52. The van der Waals surface area contributed by atoms with E-state index in [2.05, 4.69) is 16.0 Å². The van der Waals surface area contributed by atoms with Gasteiger partial charge in [0, 0.05) is 54.7 Å². The predicted molar refractivity (Wildman–Crippen MR) is 177 cm³/mol. The van der Waals surface area contributed by atoms with E-state index in [1.54, 1.807) is 34.8 Å². The minimum absolute atomic E-state index is 0.157. The zero-order valence-corrected chi connectivity index (χ0v) is 27.4. The number of nitriles is 1. The van der Waals surface area contributed by atoms with Gasteiger partial charge in [0.15, 0.2) is 5.58 Å². The molecule has 1 atom stereocenters. The van der Waals surface area contributed by atoms with Crippen LogP contribution in [0.3, 0.4) is 0 Å². The van der Waals surface area contributed by atoms with Gasteiger partial charge >= 0.3 is 5.76 Å². The molecule has 11 nitrogen and oxygen atoms in total. The summed E-state index contributed by atoms with van der Waals surface area (Å²) in [6.07, 6.45) is 8.35. The molecular formula is C36H34N6O5S. The maximum atomic E-state index is 14.4. The largest absolute Gasteiger partial charge is 0.420 e. The first kappa shape index (κ1) is 30.6. The van der Waals surface area contributed by atoms with Crippen LogP contribution in [0, 0.1) is 24.2 Å². The van der Waals surface area contributed by atoms with E-state index in [9.17, 15) is 13.2 Å². The molecule has 12 heteroatoms. The van der Waals surface area contributed by atoms with Gasteiger partial charge in [-0.25, -0.2) is 13.2 Å². The number of oxazole rings is 1. The summed E-state index contributed by atoms with van der Waals surface area (Å²) in [5.74, 6) is -0.0457. The fourth-order valence-electron chi connectivity index (χ4n) is 7.51. The number of aryl methyl sites for hydroxylation is 2. The molecule has 0 spiro atoms. The molecule has 2 saturated heterocycles. The summed E-state index contributed by atoms with van der Waals surface area (Å²) in [5, 5.41) is 9.13. The molecule has 1 aromatic carbocycles. The quantitative estimate of drug-likeness (QED) is 0.219. The van der Waals surface area contributed by atoms with Crippen molar-refractivity contribution in [1.82, 2.24) is 23.8 Å². The van der Waals surface area contributed by atoms with Crippen LogP contribution in [0.5, 0.6) is 0 Å². The summed E-state index contributed by atoms with van der Waals surface area (Å²) < 4.78 is 43.2. The monoisotopic (exact) mass is 662 g/mol. The van der Waals surface area contributed by atoms with E-state index < -0.39 is 15.8 Å². The number of pyridine rings is 3. The van der Waals surface area contributed by atoms with E-state index in [1.165, 1.54) is 10.8 Å². The van der Waals surface area contributed by atoms with Gasteiger partial charge in [0.1, 0.15) is 11.0 Å². The number of ether oxygens (including phenoxy) is 1. The van der Waals surface area contributed by atoms with Gasteiger partial charge in [-0.15, -0.1) is 0 Å². The van der Waals surface area contributed by atoms with Crippen LogP contribution in [0.25, 0.3) is 33.4 Å². The number of rotatable bonds is 7. The van der Waals surface area contributed by atoms with E-state index in [-0.39, 0.29) is 17.5 Å². The van der Waals surface area contributed by atoms with Crippen LogP contribution in [0.1, 0.15) is 66.5 Å². The normalized spacial score (nSPS) is 19.0. The van der Waals surface area contributed by atoms with Gasteiger partial charge in [-0.2, -0.15) is 9.57 Å². The van der Waals surface area contributed by atoms with Crippen LogP contribution in [-0.2, 0) is 27.7 Å². The van der Waals surface area contributed by atoms with Gasteiger partial charge in [-0.05, 0) is 98.9 Å². The Morgan fingerprint density at radius 1 is 1.02 bits per heavy atom. The van der Waals surface area contributed by atoms with E-state index in [4.69, 9.17) is 19.4 Å². The fraction of sp³-hybridized carbons (Fsp3) is 0.361. The first-order valence-electron chi connectivity index (χ1n) is 16.4.